The summed E-state index contributed by atoms with van der Waals surface area (Å²) in [6.45, 7) is 2.57. The summed E-state index contributed by atoms with van der Waals surface area (Å²) in [5.41, 5.74) is 1.25. The number of nitrogens with one attached hydrogen (secondary N) is 1. The number of rotatable bonds is 6. The lowest BCUT2D eigenvalue weighted by molar-refractivity contribution is 0.0952. The highest BCUT2D eigenvalue weighted by Crippen LogP contribution is 2.16. The zero-order valence-electron chi connectivity index (χ0n) is 10.1. The number of aromatic hydroxyl groups is 1. The lowest BCUT2D eigenvalue weighted by Crippen LogP contribution is -2.24. The van der Waals surface area contributed by atoms with Crippen LogP contribution >= 0.6 is 0 Å². The summed E-state index contributed by atoms with van der Waals surface area (Å²) in [5.74, 6) is 0.0709. The van der Waals surface area contributed by atoms with Crippen LogP contribution < -0.4 is 5.32 Å². The predicted molar refractivity (Wildman–Crippen MR) is 66.1 cm³/mol. The summed E-state index contributed by atoms with van der Waals surface area (Å²) < 4.78 is 0. The van der Waals surface area contributed by atoms with Crippen LogP contribution in [0.4, 0.5) is 0 Å². The molecule has 17 heavy (non-hydrogen) atoms. The van der Waals surface area contributed by atoms with E-state index in [1.54, 1.807) is 19.1 Å². The first-order valence-corrected chi connectivity index (χ1v) is 5.84. The van der Waals surface area contributed by atoms with Gasteiger partial charge in [0.05, 0.1) is 0 Å². The van der Waals surface area contributed by atoms with Crippen molar-refractivity contribution in [3.63, 3.8) is 0 Å². The molecule has 0 fully saturated rings. The van der Waals surface area contributed by atoms with E-state index < -0.39 is 0 Å². The second-order valence-electron chi connectivity index (χ2n) is 4.04. The van der Waals surface area contributed by atoms with Gasteiger partial charge in [0.15, 0.2) is 0 Å². The topological polar surface area (TPSA) is 69.6 Å². The average molecular weight is 237 g/mol. The third kappa shape index (κ3) is 4.44. The number of carbonyl (C=O) groups excluding carboxylic acids is 1. The number of unbranched alkanes of at least 4 members (excludes halogenated alkanes) is 2. The van der Waals surface area contributed by atoms with E-state index in [1.165, 1.54) is 6.07 Å². The number of amides is 1. The molecule has 0 atom stereocenters. The van der Waals surface area contributed by atoms with Crippen molar-refractivity contribution in [1.29, 1.82) is 0 Å². The maximum absolute atomic E-state index is 11.7. The number of hydrogen-bond donors (Lipinski definition) is 3. The van der Waals surface area contributed by atoms with Gasteiger partial charge in [0.25, 0.3) is 5.91 Å². The zero-order valence-corrected chi connectivity index (χ0v) is 10.1. The fourth-order valence-electron chi connectivity index (χ4n) is 1.51. The first kappa shape index (κ1) is 13.5. The highest BCUT2D eigenvalue weighted by atomic mass is 16.3. The molecule has 1 rings (SSSR count). The van der Waals surface area contributed by atoms with Gasteiger partial charge in [0.2, 0.25) is 0 Å². The molecule has 0 aliphatic carbocycles. The fraction of sp³-hybridized carbons (Fsp3) is 0.462. The normalized spacial score (nSPS) is 10.2. The van der Waals surface area contributed by atoms with Gasteiger partial charge in [0, 0.05) is 18.7 Å². The summed E-state index contributed by atoms with van der Waals surface area (Å²) >= 11 is 0. The number of benzene rings is 1. The summed E-state index contributed by atoms with van der Waals surface area (Å²) in [4.78, 5) is 11.7. The Kier molecular flexibility index (Phi) is 5.49. The molecule has 0 saturated heterocycles. The Hall–Kier alpha value is -1.55. The third-order valence-electron chi connectivity index (χ3n) is 2.58. The number of aryl methyl sites for hydroxylation is 1. The minimum Gasteiger partial charge on any atom is -0.508 e. The Labute approximate surface area is 101 Å². The van der Waals surface area contributed by atoms with Crippen molar-refractivity contribution < 1.29 is 15.0 Å². The molecule has 0 aliphatic rings. The van der Waals surface area contributed by atoms with Gasteiger partial charge < -0.3 is 15.5 Å². The summed E-state index contributed by atoms with van der Waals surface area (Å²) in [5, 5.41) is 20.7. The van der Waals surface area contributed by atoms with E-state index in [9.17, 15) is 9.90 Å². The molecular formula is C13H19NO3. The van der Waals surface area contributed by atoms with Gasteiger partial charge in [-0.3, -0.25) is 4.79 Å². The maximum Gasteiger partial charge on any atom is 0.251 e. The van der Waals surface area contributed by atoms with Gasteiger partial charge in [-0.2, -0.15) is 0 Å². The predicted octanol–water partition coefficient (Wildman–Crippen LogP) is 1.59. The van der Waals surface area contributed by atoms with Gasteiger partial charge in [0.1, 0.15) is 5.75 Å². The maximum atomic E-state index is 11.7. The van der Waals surface area contributed by atoms with E-state index in [0.29, 0.717) is 17.7 Å². The molecule has 1 aromatic carbocycles. The van der Waals surface area contributed by atoms with E-state index in [4.69, 9.17) is 5.11 Å². The van der Waals surface area contributed by atoms with Crippen LogP contribution in [-0.2, 0) is 0 Å². The number of hydrogen-bond acceptors (Lipinski definition) is 3. The molecule has 4 heteroatoms. The summed E-state index contributed by atoms with van der Waals surface area (Å²) in [6, 6.07) is 4.79. The molecule has 0 unspecified atom stereocenters. The standard InChI is InChI=1S/C13H19NO3/c1-10-9-11(5-6-12(10)16)13(17)14-7-3-2-4-8-15/h5-6,9,15-16H,2-4,7-8H2,1H3,(H,14,17). The van der Waals surface area contributed by atoms with Crippen LogP contribution in [0.25, 0.3) is 0 Å². The molecule has 3 N–H and O–H groups in total. The first-order valence-electron chi connectivity index (χ1n) is 5.84. The number of phenolic OH excluding ortho intramolecular Hbond substituents is 1. The quantitative estimate of drug-likeness (QED) is 0.658. The Morgan fingerprint density at radius 2 is 2.06 bits per heavy atom. The molecule has 1 aromatic rings. The van der Waals surface area contributed by atoms with E-state index in [1.807, 2.05) is 0 Å². The van der Waals surface area contributed by atoms with E-state index >= 15 is 0 Å². The number of aliphatic hydroxyl groups excluding tert-OH is 1. The molecule has 0 bridgehead atoms. The van der Waals surface area contributed by atoms with Gasteiger partial charge in [-0.15, -0.1) is 0 Å². The molecule has 0 heterocycles. The second-order valence-corrected chi connectivity index (χ2v) is 4.04. The molecule has 1 amide bonds. The third-order valence-corrected chi connectivity index (χ3v) is 2.58. The van der Waals surface area contributed by atoms with Crippen LogP contribution in [0.2, 0.25) is 0 Å². The minimum absolute atomic E-state index is 0.128. The van der Waals surface area contributed by atoms with Crippen molar-refractivity contribution in [3.8, 4) is 5.75 Å². The minimum atomic E-state index is -0.128. The van der Waals surface area contributed by atoms with E-state index in [2.05, 4.69) is 5.32 Å². The first-order chi connectivity index (χ1) is 8.15. The van der Waals surface area contributed by atoms with Crippen LogP contribution in [0.1, 0.15) is 35.2 Å². The Morgan fingerprint density at radius 1 is 1.29 bits per heavy atom. The van der Waals surface area contributed by atoms with Gasteiger partial charge in [-0.1, -0.05) is 0 Å². The molecule has 94 valence electrons. The summed E-state index contributed by atoms with van der Waals surface area (Å²) in [6.07, 6.45) is 2.54. The van der Waals surface area contributed by atoms with E-state index in [-0.39, 0.29) is 18.3 Å². The molecular weight excluding hydrogens is 218 g/mol. The van der Waals surface area contributed by atoms with Crippen molar-refractivity contribution in [2.45, 2.75) is 26.2 Å². The number of aliphatic hydroxyl groups is 1. The fourth-order valence-corrected chi connectivity index (χ4v) is 1.51. The molecule has 0 aliphatic heterocycles. The smallest absolute Gasteiger partial charge is 0.251 e. The number of carbonyl (C=O) groups is 1. The molecule has 0 spiro atoms. The average Bonchev–Trinajstić information content (AvgIpc) is 2.32. The Morgan fingerprint density at radius 3 is 2.71 bits per heavy atom. The lowest BCUT2D eigenvalue weighted by Gasteiger charge is -2.06. The molecule has 0 radical (unpaired) electrons. The van der Waals surface area contributed by atoms with Crippen molar-refractivity contribution in [1.82, 2.24) is 5.32 Å². The molecule has 0 aromatic heterocycles. The second kappa shape index (κ2) is 6.91. The van der Waals surface area contributed by atoms with Crippen LogP contribution in [-0.4, -0.2) is 29.3 Å². The van der Waals surface area contributed by atoms with Gasteiger partial charge >= 0.3 is 0 Å². The highest BCUT2D eigenvalue weighted by Gasteiger charge is 2.06. The monoisotopic (exact) mass is 237 g/mol. The zero-order chi connectivity index (χ0) is 12.7. The van der Waals surface area contributed by atoms with Crippen LogP contribution in [0.5, 0.6) is 5.75 Å². The van der Waals surface area contributed by atoms with Crippen LogP contribution in [0, 0.1) is 6.92 Å². The van der Waals surface area contributed by atoms with E-state index in [0.717, 1.165) is 19.3 Å². The van der Waals surface area contributed by atoms with Crippen LogP contribution in [0.15, 0.2) is 18.2 Å². The number of phenols is 1. The van der Waals surface area contributed by atoms with Gasteiger partial charge in [-0.25, -0.2) is 0 Å². The molecule has 0 saturated carbocycles. The summed E-state index contributed by atoms with van der Waals surface area (Å²) in [7, 11) is 0. The largest absolute Gasteiger partial charge is 0.508 e. The van der Waals surface area contributed by atoms with Gasteiger partial charge in [-0.05, 0) is 49.9 Å². The Balaban J connectivity index is 2.39. The highest BCUT2D eigenvalue weighted by molar-refractivity contribution is 5.94. The van der Waals surface area contributed by atoms with Crippen molar-refractivity contribution >= 4 is 5.91 Å². The molecule has 4 nitrogen and oxygen atoms in total. The van der Waals surface area contributed by atoms with Crippen molar-refractivity contribution in [2.24, 2.45) is 0 Å². The SMILES string of the molecule is Cc1cc(C(=O)NCCCCCO)ccc1O. The lowest BCUT2D eigenvalue weighted by atomic mass is 10.1. The van der Waals surface area contributed by atoms with Crippen molar-refractivity contribution in [3.05, 3.63) is 29.3 Å². The van der Waals surface area contributed by atoms with Crippen LogP contribution in [0.3, 0.4) is 0 Å². The van der Waals surface area contributed by atoms with Crippen molar-refractivity contribution in [2.75, 3.05) is 13.2 Å². The Bertz CT molecular complexity index is 377.